The maximum atomic E-state index is 12.0. The first kappa shape index (κ1) is 13.4. The number of ether oxygens (including phenoxy) is 3. The summed E-state index contributed by atoms with van der Waals surface area (Å²) in [5, 5.41) is 1.94. The van der Waals surface area contributed by atoms with Gasteiger partial charge in [0, 0.05) is 10.9 Å². The molecule has 5 heteroatoms. The Morgan fingerprint density at radius 1 is 1.21 bits per heavy atom. The predicted molar refractivity (Wildman–Crippen MR) is 73.0 cm³/mol. The fourth-order valence-electron chi connectivity index (χ4n) is 1.58. The summed E-state index contributed by atoms with van der Waals surface area (Å²) in [6.07, 6.45) is 0. The summed E-state index contributed by atoms with van der Waals surface area (Å²) in [7, 11) is 3.06. The minimum atomic E-state index is -0.409. The van der Waals surface area contributed by atoms with Crippen molar-refractivity contribution in [3.05, 3.63) is 46.2 Å². The van der Waals surface area contributed by atoms with Gasteiger partial charge in [0.1, 0.15) is 23.7 Å². The standard InChI is InChI=1S/C14H14O4S/c1-16-10-5-6-12(13(8-10)17-2)14(15)18-9-11-4-3-7-19-11/h3-8H,9H2,1-2H3. The second-order valence-electron chi connectivity index (χ2n) is 3.72. The van der Waals surface area contributed by atoms with Gasteiger partial charge in [-0.1, -0.05) is 6.07 Å². The molecule has 1 aromatic heterocycles. The lowest BCUT2D eigenvalue weighted by atomic mass is 10.2. The molecule has 0 saturated heterocycles. The zero-order valence-corrected chi connectivity index (χ0v) is 11.5. The van der Waals surface area contributed by atoms with Crippen molar-refractivity contribution in [3.63, 3.8) is 0 Å². The van der Waals surface area contributed by atoms with Gasteiger partial charge in [0.05, 0.1) is 14.2 Å². The molecule has 0 aliphatic heterocycles. The molecule has 0 atom stereocenters. The van der Waals surface area contributed by atoms with Gasteiger partial charge in [0.25, 0.3) is 0 Å². The van der Waals surface area contributed by atoms with Gasteiger partial charge in [-0.2, -0.15) is 0 Å². The maximum Gasteiger partial charge on any atom is 0.342 e. The second kappa shape index (κ2) is 6.24. The Morgan fingerprint density at radius 3 is 2.68 bits per heavy atom. The summed E-state index contributed by atoms with van der Waals surface area (Å²) in [6.45, 7) is 0.270. The van der Waals surface area contributed by atoms with Crippen molar-refractivity contribution in [1.29, 1.82) is 0 Å². The molecule has 0 amide bonds. The van der Waals surface area contributed by atoms with Crippen molar-refractivity contribution in [1.82, 2.24) is 0 Å². The number of thiophene rings is 1. The number of rotatable bonds is 5. The van der Waals surface area contributed by atoms with E-state index in [4.69, 9.17) is 14.2 Å². The summed E-state index contributed by atoms with van der Waals surface area (Å²) in [6, 6.07) is 8.82. The number of hydrogen-bond acceptors (Lipinski definition) is 5. The highest BCUT2D eigenvalue weighted by Crippen LogP contribution is 2.25. The van der Waals surface area contributed by atoms with E-state index in [-0.39, 0.29) is 6.61 Å². The van der Waals surface area contributed by atoms with E-state index >= 15 is 0 Å². The van der Waals surface area contributed by atoms with Crippen LogP contribution in [-0.2, 0) is 11.3 Å². The zero-order valence-electron chi connectivity index (χ0n) is 10.7. The molecule has 0 unspecified atom stereocenters. The van der Waals surface area contributed by atoms with E-state index in [0.717, 1.165) is 4.88 Å². The first-order valence-electron chi connectivity index (χ1n) is 5.66. The molecule has 100 valence electrons. The van der Waals surface area contributed by atoms with Crippen LogP contribution >= 0.6 is 11.3 Å². The molecule has 2 rings (SSSR count). The van der Waals surface area contributed by atoms with Crippen molar-refractivity contribution >= 4 is 17.3 Å². The van der Waals surface area contributed by atoms with Crippen LogP contribution in [0.15, 0.2) is 35.7 Å². The van der Waals surface area contributed by atoms with Crippen LogP contribution in [0.1, 0.15) is 15.2 Å². The molecule has 0 spiro atoms. The van der Waals surface area contributed by atoms with E-state index in [9.17, 15) is 4.79 Å². The molecule has 0 bridgehead atoms. The molecule has 0 radical (unpaired) electrons. The Morgan fingerprint density at radius 2 is 2.05 bits per heavy atom. The van der Waals surface area contributed by atoms with Gasteiger partial charge in [-0.15, -0.1) is 11.3 Å². The summed E-state index contributed by atoms with van der Waals surface area (Å²) >= 11 is 1.55. The highest BCUT2D eigenvalue weighted by molar-refractivity contribution is 7.09. The number of benzene rings is 1. The van der Waals surface area contributed by atoms with Crippen LogP contribution in [-0.4, -0.2) is 20.2 Å². The minimum Gasteiger partial charge on any atom is -0.497 e. The largest absolute Gasteiger partial charge is 0.497 e. The molecule has 0 fully saturated rings. The number of hydrogen-bond donors (Lipinski definition) is 0. The van der Waals surface area contributed by atoms with Crippen molar-refractivity contribution in [3.8, 4) is 11.5 Å². The molecule has 0 aliphatic rings. The molecule has 1 heterocycles. The second-order valence-corrected chi connectivity index (χ2v) is 4.75. The van der Waals surface area contributed by atoms with Gasteiger partial charge in [0.15, 0.2) is 0 Å². The predicted octanol–water partition coefficient (Wildman–Crippen LogP) is 3.12. The van der Waals surface area contributed by atoms with Crippen molar-refractivity contribution < 1.29 is 19.0 Å². The van der Waals surface area contributed by atoms with Crippen molar-refractivity contribution in [2.24, 2.45) is 0 Å². The fourth-order valence-corrected chi connectivity index (χ4v) is 2.19. The number of carbonyl (C=O) groups excluding carboxylic acids is 1. The van der Waals surface area contributed by atoms with Gasteiger partial charge in [-0.3, -0.25) is 0 Å². The van der Waals surface area contributed by atoms with Gasteiger partial charge >= 0.3 is 5.97 Å². The summed E-state index contributed by atoms with van der Waals surface area (Å²) in [5.74, 6) is 0.662. The molecule has 0 aliphatic carbocycles. The maximum absolute atomic E-state index is 12.0. The minimum absolute atomic E-state index is 0.270. The summed E-state index contributed by atoms with van der Waals surface area (Å²) in [5.41, 5.74) is 0.389. The SMILES string of the molecule is COc1ccc(C(=O)OCc2cccs2)c(OC)c1. The van der Waals surface area contributed by atoms with E-state index in [1.807, 2.05) is 17.5 Å². The van der Waals surface area contributed by atoms with Gasteiger partial charge < -0.3 is 14.2 Å². The van der Waals surface area contributed by atoms with Crippen molar-refractivity contribution in [2.45, 2.75) is 6.61 Å². The number of methoxy groups -OCH3 is 2. The number of carbonyl (C=O) groups is 1. The van der Waals surface area contributed by atoms with Crippen molar-refractivity contribution in [2.75, 3.05) is 14.2 Å². The molecular formula is C14H14O4S. The van der Waals surface area contributed by atoms with Crippen LogP contribution < -0.4 is 9.47 Å². The van der Waals surface area contributed by atoms with Crippen LogP contribution in [0, 0.1) is 0 Å². The van der Waals surface area contributed by atoms with E-state index in [0.29, 0.717) is 17.1 Å². The quantitative estimate of drug-likeness (QED) is 0.788. The molecule has 0 saturated carbocycles. The Balaban J connectivity index is 2.09. The lowest BCUT2D eigenvalue weighted by Crippen LogP contribution is -2.06. The van der Waals surface area contributed by atoms with Crippen LogP contribution in [0.5, 0.6) is 11.5 Å². The lowest BCUT2D eigenvalue weighted by Gasteiger charge is -2.09. The molecule has 2 aromatic rings. The fraction of sp³-hybridized carbons (Fsp3) is 0.214. The Hall–Kier alpha value is -2.01. The molecule has 4 nitrogen and oxygen atoms in total. The third-order valence-corrected chi connectivity index (χ3v) is 3.40. The third kappa shape index (κ3) is 3.26. The first-order valence-corrected chi connectivity index (χ1v) is 6.54. The molecular weight excluding hydrogens is 264 g/mol. The Labute approximate surface area is 115 Å². The highest BCUT2D eigenvalue weighted by Gasteiger charge is 2.14. The zero-order chi connectivity index (χ0) is 13.7. The highest BCUT2D eigenvalue weighted by atomic mass is 32.1. The van der Waals surface area contributed by atoms with Crippen LogP contribution in [0.25, 0.3) is 0 Å². The van der Waals surface area contributed by atoms with E-state index < -0.39 is 5.97 Å². The molecule has 0 N–H and O–H groups in total. The monoisotopic (exact) mass is 278 g/mol. The van der Waals surface area contributed by atoms with Crippen LogP contribution in [0.2, 0.25) is 0 Å². The first-order chi connectivity index (χ1) is 9.24. The lowest BCUT2D eigenvalue weighted by molar-refractivity contribution is 0.0473. The van der Waals surface area contributed by atoms with E-state index in [1.54, 1.807) is 36.6 Å². The Bertz CT molecular complexity index is 549. The summed E-state index contributed by atoms with van der Waals surface area (Å²) < 4.78 is 15.5. The smallest absolute Gasteiger partial charge is 0.342 e. The van der Waals surface area contributed by atoms with Gasteiger partial charge in [-0.05, 0) is 23.6 Å². The Kier molecular flexibility index (Phi) is 4.41. The average molecular weight is 278 g/mol. The third-order valence-electron chi connectivity index (χ3n) is 2.55. The van der Waals surface area contributed by atoms with Gasteiger partial charge in [0.2, 0.25) is 0 Å². The molecule has 1 aromatic carbocycles. The summed E-state index contributed by atoms with van der Waals surface area (Å²) in [4.78, 5) is 13.0. The normalized spacial score (nSPS) is 10.0. The average Bonchev–Trinajstić information content (AvgIpc) is 2.97. The van der Waals surface area contributed by atoms with Gasteiger partial charge in [-0.25, -0.2) is 4.79 Å². The van der Waals surface area contributed by atoms with E-state index in [1.165, 1.54) is 7.11 Å². The van der Waals surface area contributed by atoms with Crippen LogP contribution in [0.3, 0.4) is 0 Å². The molecule has 19 heavy (non-hydrogen) atoms. The van der Waals surface area contributed by atoms with Crippen LogP contribution in [0.4, 0.5) is 0 Å². The topological polar surface area (TPSA) is 44.8 Å². The number of esters is 1. The van der Waals surface area contributed by atoms with E-state index in [2.05, 4.69) is 0 Å².